The minimum atomic E-state index is 0.511. The summed E-state index contributed by atoms with van der Waals surface area (Å²) in [4.78, 5) is 16.5. The summed E-state index contributed by atoms with van der Waals surface area (Å²) in [5.74, 6) is 1.46. The average molecular weight is 318 g/mol. The Kier molecular flexibility index (Phi) is 4.10. The van der Waals surface area contributed by atoms with Crippen LogP contribution < -0.4 is 4.90 Å². The molecule has 1 unspecified atom stereocenters. The SMILES string of the molecule is C=C1c2c(sc(C=O)c2C)N(CC2CCOC2)C(=C)N1CC. The van der Waals surface area contributed by atoms with Gasteiger partial charge in [-0.1, -0.05) is 13.2 Å². The van der Waals surface area contributed by atoms with Crippen LogP contribution in [0.2, 0.25) is 0 Å². The molecule has 0 spiro atoms. The van der Waals surface area contributed by atoms with E-state index in [1.54, 1.807) is 11.3 Å². The first-order chi connectivity index (χ1) is 10.6. The average Bonchev–Trinajstić information content (AvgIpc) is 3.11. The number of rotatable bonds is 4. The molecule has 0 amide bonds. The van der Waals surface area contributed by atoms with Crippen LogP contribution in [0.25, 0.3) is 5.70 Å². The van der Waals surface area contributed by atoms with E-state index in [-0.39, 0.29) is 0 Å². The largest absolute Gasteiger partial charge is 0.381 e. The normalized spacial score (nSPS) is 21.5. The first kappa shape index (κ1) is 15.3. The highest BCUT2D eigenvalue weighted by Crippen LogP contribution is 2.46. The Morgan fingerprint density at radius 1 is 1.41 bits per heavy atom. The summed E-state index contributed by atoms with van der Waals surface area (Å²) in [6.45, 7) is 16.0. The fraction of sp³-hybridized carbons (Fsp3) is 0.471. The lowest BCUT2D eigenvalue weighted by atomic mass is 10.0. The number of hydrogen-bond acceptors (Lipinski definition) is 5. The van der Waals surface area contributed by atoms with Crippen molar-refractivity contribution < 1.29 is 9.53 Å². The Labute approximate surface area is 135 Å². The Balaban J connectivity index is 2.04. The van der Waals surface area contributed by atoms with Crippen LogP contribution in [-0.2, 0) is 4.74 Å². The Bertz CT molecular complexity index is 629. The molecular formula is C17H22N2O2S. The molecule has 2 aliphatic heterocycles. The molecule has 0 saturated carbocycles. The molecule has 1 aromatic rings. The summed E-state index contributed by atoms with van der Waals surface area (Å²) < 4.78 is 5.51. The monoisotopic (exact) mass is 318 g/mol. The van der Waals surface area contributed by atoms with Crippen LogP contribution in [0, 0.1) is 12.8 Å². The van der Waals surface area contributed by atoms with E-state index in [9.17, 15) is 4.79 Å². The molecule has 0 N–H and O–H groups in total. The molecule has 0 bridgehead atoms. The summed E-state index contributed by atoms with van der Waals surface area (Å²) in [5.41, 5.74) is 3.07. The zero-order valence-electron chi connectivity index (χ0n) is 13.2. The predicted molar refractivity (Wildman–Crippen MR) is 91.3 cm³/mol. The van der Waals surface area contributed by atoms with Crippen molar-refractivity contribution in [2.24, 2.45) is 5.92 Å². The number of aldehydes is 1. The van der Waals surface area contributed by atoms with Gasteiger partial charge in [0.1, 0.15) is 10.8 Å². The Morgan fingerprint density at radius 3 is 2.77 bits per heavy atom. The van der Waals surface area contributed by atoms with Gasteiger partial charge in [-0.05, 0) is 25.8 Å². The van der Waals surface area contributed by atoms with E-state index in [2.05, 4.69) is 29.9 Å². The van der Waals surface area contributed by atoms with Crippen molar-refractivity contribution in [3.8, 4) is 0 Å². The molecule has 5 heteroatoms. The second-order valence-corrected chi connectivity index (χ2v) is 6.87. The topological polar surface area (TPSA) is 32.8 Å². The maximum Gasteiger partial charge on any atom is 0.160 e. The summed E-state index contributed by atoms with van der Waals surface area (Å²) in [6.07, 6.45) is 2.03. The number of hydrogen-bond donors (Lipinski definition) is 0. The Morgan fingerprint density at radius 2 is 2.18 bits per heavy atom. The van der Waals surface area contributed by atoms with E-state index in [0.717, 1.165) is 71.5 Å². The van der Waals surface area contributed by atoms with Crippen molar-refractivity contribution in [2.75, 3.05) is 31.2 Å². The molecule has 3 rings (SSSR count). The number of fused-ring (bicyclic) bond motifs is 1. The van der Waals surface area contributed by atoms with E-state index in [4.69, 9.17) is 4.74 Å². The van der Waals surface area contributed by atoms with Crippen LogP contribution in [0.4, 0.5) is 5.00 Å². The molecule has 118 valence electrons. The minimum Gasteiger partial charge on any atom is -0.381 e. The second-order valence-electron chi connectivity index (χ2n) is 5.84. The molecule has 0 radical (unpaired) electrons. The van der Waals surface area contributed by atoms with Gasteiger partial charge in [0, 0.05) is 36.9 Å². The number of nitrogens with zero attached hydrogens (tertiary/aromatic N) is 2. The van der Waals surface area contributed by atoms with Crippen molar-refractivity contribution in [3.63, 3.8) is 0 Å². The lowest BCUT2D eigenvalue weighted by molar-refractivity contribution is 0.112. The smallest absolute Gasteiger partial charge is 0.160 e. The molecule has 1 atom stereocenters. The van der Waals surface area contributed by atoms with Crippen molar-refractivity contribution in [1.29, 1.82) is 0 Å². The summed E-state index contributed by atoms with van der Waals surface area (Å²) in [5, 5.41) is 1.10. The lowest BCUT2D eigenvalue weighted by Gasteiger charge is -2.41. The summed E-state index contributed by atoms with van der Waals surface area (Å²) >= 11 is 1.54. The number of thiophene rings is 1. The van der Waals surface area contributed by atoms with E-state index < -0.39 is 0 Å². The van der Waals surface area contributed by atoms with Crippen molar-refractivity contribution >= 4 is 28.3 Å². The predicted octanol–water partition coefficient (Wildman–Crippen LogP) is 3.49. The molecular weight excluding hydrogens is 296 g/mol. The second kappa shape index (κ2) is 5.89. The molecule has 1 aromatic heterocycles. The zero-order valence-corrected chi connectivity index (χ0v) is 14.0. The van der Waals surface area contributed by atoms with Gasteiger partial charge in [-0.15, -0.1) is 11.3 Å². The van der Waals surface area contributed by atoms with Gasteiger partial charge in [0.05, 0.1) is 11.5 Å². The number of carbonyl (C=O) groups is 1. The quantitative estimate of drug-likeness (QED) is 0.796. The fourth-order valence-corrected chi connectivity index (χ4v) is 4.43. The van der Waals surface area contributed by atoms with Crippen LogP contribution in [0.1, 0.15) is 34.1 Å². The lowest BCUT2D eigenvalue weighted by Crippen LogP contribution is -2.40. The highest BCUT2D eigenvalue weighted by molar-refractivity contribution is 7.18. The highest BCUT2D eigenvalue weighted by atomic mass is 32.1. The van der Waals surface area contributed by atoms with Crippen molar-refractivity contribution in [1.82, 2.24) is 4.90 Å². The van der Waals surface area contributed by atoms with E-state index >= 15 is 0 Å². The molecule has 3 heterocycles. The molecule has 0 aromatic carbocycles. The number of anilines is 1. The van der Waals surface area contributed by atoms with Crippen LogP contribution in [0.3, 0.4) is 0 Å². The third kappa shape index (κ3) is 2.29. The Hall–Kier alpha value is -1.59. The summed E-state index contributed by atoms with van der Waals surface area (Å²) in [7, 11) is 0. The van der Waals surface area contributed by atoms with Crippen LogP contribution in [0.15, 0.2) is 19.0 Å². The van der Waals surface area contributed by atoms with Gasteiger partial charge in [0.2, 0.25) is 0 Å². The van der Waals surface area contributed by atoms with Gasteiger partial charge >= 0.3 is 0 Å². The molecule has 1 saturated heterocycles. The fourth-order valence-electron chi connectivity index (χ4n) is 3.26. The van der Waals surface area contributed by atoms with Gasteiger partial charge in [0.25, 0.3) is 0 Å². The molecule has 22 heavy (non-hydrogen) atoms. The third-order valence-corrected chi connectivity index (χ3v) is 5.78. The van der Waals surface area contributed by atoms with E-state index in [1.807, 2.05) is 6.92 Å². The zero-order chi connectivity index (χ0) is 15.9. The minimum absolute atomic E-state index is 0.511. The molecule has 2 aliphatic rings. The first-order valence-corrected chi connectivity index (χ1v) is 8.49. The highest BCUT2D eigenvalue weighted by Gasteiger charge is 2.34. The van der Waals surface area contributed by atoms with Gasteiger partial charge in [-0.3, -0.25) is 4.79 Å². The van der Waals surface area contributed by atoms with Gasteiger partial charge < -0.3 is 14.5 Å². The van der Waals surface area contributed by atoms with Gasteiger partial charge in [-0.2, -0.15) is 0 Å². The standard InChI is InChI=1S/C17H22N2O2S/c1-5-18-12(3)16-11(2)15(9-20)22-17(16)19(13(18)4)8-14-6-7-21-10-14/h9,14H,3-8,10H2,1-2H3. The first-order valence-electron chi connectivity index (χ1n) is 7.68. The maximum atomic E-state index is 11.3. The van der Waals surface area contributed by atoms with E-state index in [0.29, 0.717) is 5.92 Å². The van der Waals surface area contributed by atoms with E-state index in [1.165, 1.54) is 0 Å². The molecule has 4 nitrogen and oxygen atoms in total. The van der Waals surface area contributed by atoms with Crippen LogP contribution in [0.5, 0.6) is 0 Å². The van der Waals surface area contributed by atoms with Crippen LogP contribution in [-0.4, -0.2) is 37.5 Å². The van der Waals surface area contributed by atoms with Gasteiger partial charge in [-0.25, -0.2) is 0 Å². The number of ether oxygens (including phenoxy) is 1. The molecule has 0 aliphatic carbocycles. The summed E-state index contributed by atoms with van der Waals surface area (Å²) in [6, 6.07) is 0. The number of carbonyl (C=O) groups excluding carboxylic acids is 1. The molecule has 1 fully saturated rings. The maximum absolute atomic E-state index is 11.3. The van der Waals surface area contributed by atoms with Crippen molar-refractivity contribution in [2.45, 2.75) is 20.3 Å². The van der Waals surface area contributed by atoms with Gasteiger partial charge in [0.15, 0.2) is 6.29 Å². The van der Waals surface area contributed by atoms with Crippen molar-refractivity contribution in [3.05, 3.63) is 35.0 Å². The van der Waals surface area contributed by atoms with Crippen LogP contribution >= 0.6 is 11.3 Å². The third-order valence-electron chi connectivity index (χ3n) is 4.54.